The van der Waals surface area contributed by atoms with Crippen molar-refractivity contribution < 1.29 is 22.4 Å². The number of nitriles is 1. The maximum absolute atomic E-state index is 12.7. The fourth-order valence-electron chi connectivity index (χ4n) is 3.16. The van der Waals surface area contributed by atoms with Crippen LogP contribution in [0.4, 0.5) is 0 Å². The van der Waals surface area contributed by atoms with Gasteiger partial charge in [-0.1, -0.05) is 0 Å². The summed E-state index contributed by atoms with van der Waals surface area (Å²) in [7, 11) is -3.63. The first-order chi connectivity index (χ1) is 13.0. The molecule has 0 saturated carbocycles. The maximum Gasteiger partial charge on any atom is 0.264 e. The van der Waals surface area contributed by atoms with Crippen LogP contribution in [-0.4, -0.2) is 36.1 Å². The van der Waals surface area contributed by atoms with Crippen molar-refractivity contribution in [2.45, 2.75) is 38.2 Å². The number of nitrogens with zero attached hydrogens (tertiary/aromatic N) is 2. The van der Waals surface area contributed by atoms with Crippen LogP contribution in [0.5, 0.6) is 5.75 Å². The van der Waals surface area contributed by atoms with Crippen LogP contribution in [0.3, 0.4) is 0 Å². The predicted octanol–water partition coefficient (Wildman–Crippen LogP) is 1.32. The molecule has 1 N–H and O–H groups in total. The van der Waals surface area contributed by atoms with Crippen LogP contribution < -0.4 is 10.3 Å². The third kappa shape index (κ3) is 3.94. The lowest BCUT2D eigenvalue weighted by Gasteiger charge is -2.42. The molecule has 1 aromatic carbocycles. The highest BCUT2D eigenvalue weighted by atomic mass is 32.2. The summed E-state index contributed by atoms with van der Waals surface area (Å²) in [5.41, 5.74) is -0.120. The molecule has 0 aliphatic carbocycles. The largest absolute Gasteiger partial charge is 0.485 e. The summed E-state index contributed by atoms with van der Waals surface area (Å²) in [6.07, 6.45) is 1.34. The molecule has 0 spiro atoms. The highest BCUT2D eigenvalue weighted by Gasteiger charge is 2.44. The third-order valence-electron chi connectivity index (χ3n) is 4.59. The van der Waals surface area contributed by atoms with E-state index in [1.807, 2.05) is 6.07 Å². The van der Waals surface area contributed by atoms with Gasteiger partial charge in [-0.05, 0) is 43.7 Å². The van der Waals surface area contributed by atoms with E-state index in [4.69, 9.17) is 8.92 Å². The van der Waals surface area contributed by atoms with Crippen LogP contribution in [0.1, 0.15) is 36.6 Å². The van der Waals surface area contributed by atoms with E-state index < -0.39 is 33.4 Å². The molecule has 2 heterocycles. The average Bonchev–Trinajstić information content (AvgIpc) is 2.61. The second-order valence-electron chi connectivity index (χ2n) is 7.21. The van der Waals surface area contributed by atoms with Gasteiger partial charge in [0.25, 0.3) is 15.7 Å². The van der Waals surface area contributed by atoms with Crippen molar-refractivity contribution in [1.29, 1.82) is 5.26 Å². The van der Waals surface area contributed by atoms with E-state index in [9.17, 15) is 23.6 Å². The normalized spacial score (nSPS) is 20.7. The Morgan fingerprint density at radius 1 is 1.32 bits per heavy atom. The van der Waals surface area contributed by atoms with Gasteiger partial charge in [0.05, 0.1) is 30.5 Å². The summed E-state index contributed by atoms with van der Waals surface area (Å²) in [6, 6.07) is 8.92. The van der Waals surface area contributed by atoms with Crippen LogP contribution in [0.15, 0.2) is 41.3 Å². The van der Waals surface area contributed by atoms with E-state index in [1.54, 1.807) is 38.1 Å². The molecule has 0 radical (unpaired) electrons. The molecule has 28 heavy (non-hydrogen) atoms. The van der Waals surface area contributed by atoms with E-state index in [0.29, 0.717) is 22.4 Å². The van der Waals surface area contributed by atoms with Gasteiger partial charge >= 0.3 is 0 Å². The molecule has 3 rings (SSSR count). The first-order valence-corrected chi connectivity index (χ1v) is 10.3. The Morgan fingerprint density at radius 3 is 2.64 bits per heavy atom. The van der Waals surface area contributed by atoms with Crippen molar-refractivity contribution >= 4 is 10.1 Å². The van der Waals surface area contributed by atoms with E-state index in [0.717, 1.165) is 6.26 Å². The molecule has 0 saturated heterocycles. The topological polar surface area (TPSA) is 119 Å². The molecule has 2 unspecified atom stereocenters. The number of aliphatic hydroxyl groups is 1. The lowest BCUT2D eigenvalue weighted by Crippen LogP contribution is -2.52. The van der Waals surface area contributed by atoms with Gasteiger partial charge in [-0.2, -0.15) is 13.7 Å². The fourth-order valence-corrected chi connectivity index (χ4v) is 3.51. The van der Waals surface area contributed by atoms with Crippen LogP contribution in [0.2, 0.25) is 0 Å². The van der Waals surface area contributed by atoms with Crippen LogP contribution in [0.25, 0.3) is 0 Å². The highest BCUT2D eigenvalue weighted by molar-refractivity contribution is 7.85. The molecule has 0 fully saturated rings. The number of hydrogen-bond acceptors (Lipinski definition) is 7. The number of fused-ring (bicyclic) bond motifs is 1. The number of hydrogen-bond donors (Lipinski definition) is 1. The first-order valence-electron chi connectivity index (χ1n) is 8.48. The molecule has 1 aromatic heterocycles. The minimum atomic E-state index is -3.63. The van der Waals surface area contributed by atoms with Crippen LogP contribution >= 0.6 is 0 Å². The Balaban J connectivity index is 2.07. The van der Waals surface area contributed by atoms with Gasteiger partial charge in [-0.3, -0.25) is 8.98 Å². The number of pyridine rings is 1. The lowest BCUT2D eigenvalue weighted by atomic mass is 9.85. The van der Waals surface area contributed by atoms with Crippen molar-refractivity contribution in [1.82, 2.24) is 4.57 Å². The second-order valence-corrected chi connectivity index (χ2v) is 8.85. The zero-order chi connectivity index (χ0) is 20.7. The summed E-state index contributed by atoms with van der Waals surface area (Å²) in [5.74, 6) is 0.482. The molecular formula is C19H20N2O6S. The zero-order valence-corrected chi connectivity index (χ0v) is 16.4. The first kappa shape index (κ1) is 20.1. The molecule has 9 heteroatoms. The summed E-state index contributed by atoms with van der Waals surface area (Å²) >= 11 is 0. The Bertz CT molecular complexity index is 1110. The number of benzene rings is 1. The van der Waals surface area contributed by atoms with E-state index in [-0.39, 0.29) is 6.61 Å². The molecular weight excluding hydrogens is 384 g/mol. The van der Waals surface area contributed by atoms with Crippen molar-refractivity contribution in [3.63, 3.8) is 0 Å². The molecule has 8 nitrogen and oxygen atoms in total. The Labute approximate surface area is 162 Å². The SMILES string of the molecule is CC1(C)Oc2ccc(C#N)cc2C(n2ccc(COS(C)(=O)=O)cc2=O)C1O. The van der Waals surface area contributed by atoms with Gasteiger partial charge in [-0.25, -0.2) is 0 Å². The summed E-state index contributed by atoms with van der Waals surface area (Å²) in [6.45, 7) is 3.17. The van der Waals surface area contributed by atoms with Gasteiger partial charge < -0.3 is 14.4 Å². The Hall–Kier alpha value is -2.67. The van der Waals surface area contributed by atoms with Gasteiger partial charge in [0.1, 0.15) is 17.5 Å². The lowest BCUT2D eigenvalue weighted by molar-refractivity contribution is -0.0643. The third-order valence-corrected chi connectivity index (χ3v) is 5.14. The van der Waals surface area contributed by atoms with Crippen molar-refractivity contribution in [2.75, 3.05) is 6.26 Å². The molecule has 2 atom stereocenters. The summed E-state index contributed by atoms with van der Waals surface area (Å²) in [5, 5.41) is 20.1. The van der Waals surface area contributed by atoms with E-state index in [1.165, 1.54) is 16.8 Å². The standard InChI is InChI=1S/C19H20N2O6S/c1-19(2)18(23)17(14-8-12(10-20)4-5-15(14)27-19)21-7-6-13(9-16(21)22)11-26-28(3,24)25/h4-9,17-18,23H,11H2,1-3H3. The second kappa shape index (κ2) is 7.05. The summed E-state index contributed by atoms with van der Waals surface area (Å²) in [4.78, 5) is 12.7. The summed E-state index contributed by atoms with van der Waals surface area (Å²) < 4.78 is 34.2. The van der Waals surface area contributed by atoms with Gasteiger partial charge in [-0.15, -0.1) is 0 Å². The van der Waals surface area contributed by atoms with Crippen molar-refractivity contribution in [3.05, 3.63) is 63.6 Å². The number of ether oxygens (including phenoxy) is 1. The zero-order valence-electron chi connectivity index (χ0n) is 15.6. The van der Waals surface area contributed by atoms with Crippen LogP contribution in [0, 0.1) is 11.3 Å². The van der Waals surface area contributed by atoms with Crippen molar-refractivity contribution in [3.8, 4) is 11.8 Å². The molecule has 0 bridgehead atoms. The quantitative estimate of drug-likeness (QED) is 0.763. The molecule has 1 aliphatic heterocycles. The monoisotopic (exact) mass is 404 g/mol. The van der Waals surface area contributed by atoms with Gasteiger partial charge in [0, 0.05) is 17.8 Å². The predicted molar refractivity (Wildman–Crippen MR) is 100 cm³/mol. The smallest absolute Gasteiger partial charge is 0.264 e. The highest BCUT2D eigenvalue weighted by Crippen LogP contribution is 2.41. The molecule has 2 aromatic rings. The maximum atomic E-state index is 12.7. The fraction of sp³-hybridized carbons (Fsp3) is 0.368. The number of aromatic nitrogens is 1. The average molecular weight is 404 g/mol. The van der Waals surface area contributed by atoms with E-state index >= 15 is 0 Å². The molecule has 0 amide bonds. The minimum absolute atomic E-state index is 0.258. The van der Waals surface area contributed by atoms with Crippen molar-refractivity contribution in [2.24, 2.45) is 0 Å². The van der Waals surface area contributed by atoms with Gasteiger partial charge in [0.2, 0.25) is 0 Å². The Morgan fingerprint density at radius 2 is 2.04 bits per heavy atom. The number of aliphatic hydroxyl groups excluding tert-OH is 1. The Kier molecular flexibility index (Phi) is 5.06. The molecule has 148 valence electrons. The number of rotatable bonds is 4. The van der Waals surface area contributed by atoms with Crippen LogP contribution in [-0.2, 0) is 20.9 Å². The van der Waals surface area contributed by atoms with E-state index in [2.05, 4.69) is 0 Å². The van der Waals surface area contributed by atoms with Gasteiger partial charge in [0.15, 0.2) is 0 Å². The molecule has 1 aliphatic rings. The minimum Gasteiger partial charge on any atom is -0.485 e.